The smallest absolute Gasteiger partial charge is 0.0996 e. The van der Waals surface area contributed by atoms with E-state index in [9.17, 15) is 5.11 Å². The highest BCUT2D eigenvalue weighted by Gasteiger charge is 2.13. The first-order chi connectivity index (χ1) is 9.11. The van der Waals surface area contributed by atoms with Crippen molar-refractivity contribution >= 4 is 0 Å². The van der Waals surface area contributed by atoms with E-state index in [2.05, 4.69) is 44.1 Å². The molecule has 3 nitrogen and oxygen atoms in total. The van der Waals surface area contributed by atoms with Gasteiger partial charge in [-0.15, -0.1) is 0 Å². The minimum Gasteiger partial charge on any atom is -0.386 e. The van der Waals surface area contributed by atoms with Gasteiger partial charge in [-0.1, -0.05) is 25.1 Å². The van der Waals surface area contributed by atoms with Gasteiger partial charge in [0.2, 0.25) is 0 Å². The van der Waals surface area contributed by atoms with Crippen LogP contribution in [0.4, 0.5) is 0 Å². The monoisotopic (exact) mass is 258 g/mol. The first kappa shape index (κ1) is 13.8. The Bertz CT molecular complexity index is 545. The van der Waals surface area contributed by atoms with Gasteiger partial charge in [-0.05, 0) is 43.0 Å². The van der Waals surface area contributed by atoms with Crippen LogP contribution in [0.1, 0.15) is 41.8 Å². The zero-order valence-electron chi connectivity index (χ0n) is 11.9. The van der Waals surface area contributed by atoms with E-state index in [1.165, 1.54) is 16.7 Å². The number of rotatable bonds is 5. The van der Waals surface area contributed by atoms with Crippen LogP contribution < -0.4 is 0 Å². The predicted octanol–water partition coefficient (Wildman–Crippen LogP) is 3.19. The van der Waals surface area contributed by atoms with E-state index in [4.69, 9.17) is 0 Å². The third-order valence-corrected chi connectivity index (χ3v) is 3.53. The lowest BCUT2D eigenvalue weighted by atomic mass is 10.0. The molecule has 0 saturated heterocycles. The van der Waals surface area contributed by atoms with Crippen LogP contribution in [0.5, 0.6) is 0 Å². The first-order valence-corrected chi connectivity index (χ1v) is 6.87. The lowest BCUT2D eigenvalue weighted by molar-refractivity contribution is 0.166. The van der Waals surface area contributed by atoms with Crippen molar-refractivity contribution in [3.63, 3.8) is 0 Å². The number of hydrogen-bond acceptors (Lipinski definition) is 2. The molecule has 0 saturated carbocycles. The zero-order chi connectivity index (χ0) is 13.8. The number of benzene rings is 1. The number of aryl methyl sites for hydroxylation is 3. The van der Waals surface area contributed by atoms with Crippen molar-refractivity contribution in [2.24, 2.45) is 0 Å². The third kappa shape index (κ3) is 3.24. The lowest BCUT2D eigenvalue weighted by Crippen LogP contribution is -2.11. The highest BCUT2D eigenvalue weighted by molar-refractivity contribution is 5.30. The van der Waals surface area contributed by atoms with Gasteiger partial charge in [0, 0.05) is 19.2 Å². The maximum absolute atomic E-state index is 10.4. The summed E-state index contributed by atoms with van der Waals surface area (Å²) in [4.78, 5) is 0. The van der Waals surface area contributed by atoms with Crippen molar-refractivity contribution in [1.82, 2.24) is 9.78 Å². The first-order valence-electron chi connectivity index (χ1n) is 6.87. The summed E-state index contributed by atoms with van der Waals surface area (Å²) >= 11 is 0. The van der Waals surface area contributed by atoms with Crippen molar-refractivity contribution < 1.29 is 5.11 Å². The van der Waals surface area contributed by atoms with Crippen molar-refractivity contribution in [3.05, 3.63) is 52.8 Å². The van der Waals surface area contributed by atoms with Crippen LogP contribution in [-0.4, -0.2) is 14.9 Å². The van der Waals surface area contributed by atoms with E-state index in [-0.39, 0.29) is 0 Å². The molecule has 1 N–H and O–H groups in total. The van der Waals surface area contributed by atoms with Crippen LogP contribution in [0.3, 0.4) is 0 Å². The predicted molar refractivity (Wildman–Crippen MR) is 77.1 cm³/mol. The Morgan fingerprint density at radius 3 is 2.68 bits per heavy atom. The zero-order valence-corrected chi connectivity index (χ0v) is 11.9. The second kappa shape index (κ2) is 6.02. The highest BCUT2D eigenvalue weighted by Crippen LogP contribution is 2.20. The average Bonchev–Trinajstić information content (AvgIpc) is 2.83. The van der Waals surface area contributed by atoms with Crippen LogP contribution >= 0.6 is 0 Å². The Labute approximate surface area is 114 Å². The van der Waals surface area contributed by atoms with Crippen LogP contribution in [0, 0.1) is 13.8 Å². The molecule has 1 unspecified atom stereocenters. The summed E-state index contributed by atoms with van der Waals surface area (Å²) in [7, 11) is 0. The van der Waals surface area contributed by atoms with E-state index >= 15 is 0 Å². The molecule has 1 aromatic carbocycles. The van der Waals surface area contributed by atoms with Crippen LogP contribution in [0.25, 0.3) is 0 Å². The summed E-state index contributed by atoms with van der Waals surface area (Å²) in [5.74, 6) is 0. The summed E-state index contributed by atoms with van der Waals surface area (Å²) in [6.07, 6.45) is 2.92. The SMILES string of the molecule is CCCn1nccc1C(O)Cc1ccc(C)c(C)c1. The molecule has 0 aliphatic rings. The Morgan fingerprint density at radius 1 is 1.21 bits per heavy atom. The van der Waals surface area contributed by atoms with Crippen molar-refractivity contribution in [1.29, 1.82) is 0 Å². The van der Waals surface area contributed by atoms with Gasteiger partial charge in [0.05, 0.1) is 11.8 Å². The molecule has 0 bridgehead atoms. The maximum Gasteiger partial charge on any atom is 0.0996 e. The van der Waals surface area contributed by atoms with Gasteiger partial charge in [-0.3, -0.25) is 4.68 Å². The van der Waals surface area contributed by atoms with Gasteiger partial charge in [-0.2, -0.15) is 5.10 Å². The van der Waals surface area contributed by atoms with E-state index in [1.54, 1.807) is 6.20 Å². The molecule has 2 aromatic rings. The Hall–Kier alpha value is -1.61. The van der Waals surface area contributed by atoms with E-state index in [1.807, 2.05) is 10.7 Å². The van der Waals surface area contributed by atoms with Crippen molar-refractivity contribution in [3.8, 4) is 0 Å². The van der Waals surface area contributed by atoms with Gasteiger partial charge in [0.15, 0.2) is 0 Å². The molecule has 102 valence electrons. The molecule has 1 atom stereocenters. The second-order valence-electron chi connectivity index (χ2n) is 5.12. The average molecular weight is 258 g/mol. The molecule has 1 aromatic heterocycles. The van der Waals surface area contributed by atoms with Crippen molar-refractivity contribution in [2.75, 3.05) is 0 Å². The second-order valence-corrected chi connectivity index (χ2v) is 5.12. The fraction of sp³-hybridized carbons (Fsp3) is 0.438. The molecule has 0 radical (unpaired) electrons. The summed E-state index contributed by atoms with van der Waals surface area (Å²) in [5, 5.41) is 14.6. The summed E-state index contributed by atoms with van der Waals surface area (Å²) < 4.78 is 1.89. The van der Waals surface area contributed by atoms with Crippen LogP contribution in [0.15, 0.2) is 30.5 Å². The van der Waals surface area contributed by atoms with Gasteiger partial charge >= 0.3 is 0 Å². The summed E-state index contributed by atoms with van der Waals surface area (Å²) in [6.45, 7) is 7.17. The molecule has 0 spiro atoms. The Kier molecular flexibility index (Phi) is 4.38. The number of aliphatic hydroxyl groups is 1. The molecule has 0 aliphatic heterocycles. The van der Waals surface area contributed by atoms with Gasteiger partial charge in [0.1, 0.15) is 0 Å². The summed E-state index contributed by atoms with van der Waals surface area (Å²) in [6, 6.07) is 8.26. The number of aliphatic hydroxyl groups excluding tert-OH is 1. The molecule has 0 amide bonds. The molecular formula is C16H22N2O. The van der Waals surface area contributed by atoms with Crippen LogP contribution in [-0.2, 0) is 13.0 Å². The molecule has 0 aliphatic carbocycles. The third-order valence-electron chi connectivity index (χ3n) is 3.53. The van der Waals surface area contributed by atoms with E-state index in [0.29, 0.717) is 6.42 Å². The standard InChI is InChI=1S/C16H22N2O/c1-4-9-18-15(7-8-17-18)16(19)11-14-6-5-12(2)13(3)10-14/h5-8,10,16,19H,4,9,11H2,1-3H3. The van der Waals surface area contributed by atoms with Gasteiger partial charge in [0.25, 0.3) is 0 Å². The largest absolute Gasteiger partial charge is 0.386 e. The molecule has 0 fully saturated rings. The normalized spacial score (nSPS) is 12.6. The fourth-order valence-corrected chi connectivity index (χ4v) is 2.28. The van der Waals surface area contributed by atoms with E-state index in [0.717, 1.165) is 18.7 Å². The Balaban J connectivity index is 2.13. The molecule has 3 heteroatoms. The number of hydrogen-bond donors (Lipinski definition) is 1. The number of nitrogens with zero attached hydrogens (tertiary/aromatic N) is 2. The molecule has 19 heavy (non-hydrogen) atoms. The van der Waals surface area contributed by atoms with E-state index < -0.39 is 6.10 Å². The Morgan fingerprint density at radius 2 is 2.00 bits per heavy atom. The van der Waals surface area contributed by atoms with Gasteiger partial charge in [-0.25, -0.2) is 0 Å². The maximum atomic E-state index is 10.4. The number of aromatic nitrogens is 2. The fourth-order valence-electron chi connectivity index (χ4n) is 2.28. The lowest BCUT2D eigenvalue weighted by Gasteiger charge is -2.14. The van der Waals surface area contributed by atoms with Crippen LogP contribution in [0.2, 0.25) is 0 Å². The topological polar surface area (TPSA) is 38.0 Å². The van der Waals surface area contributed by atoms with Gasteiger partial charge < -0.3 is 5.11 Å². The molecule has 2 rings (SSSR count). The summed E-state index contributed by atoms with van der Waals surface area (Å²) in [5.41, 5.74) is 4.63. The minimum atomic E-state index is -0.490. The van der Waals surface area contributed by atoms with Crippen molar-refractivity contribution in [2.45, 2.75) is 46.3 Å². The molecule has 1 heterocycles. The molecular weight excluding hydrogens is 236 g/mol. The highest BCUT2D eigenvalue weighted by atomic mass is 16.3. The quantitative estimate of drug-likeness (QED) is 0.894. The minimum absolute atomic E-state index is 0.490.